The smallest absolute Gasteiger partial charge is 0.185 e. The summed E-state index contributed by atoms with van der Waals surface area (Å²) in [4.78, 5) is 1.30. The maximum absolute atomic E-state index is 5.58. The molecule has 0 saturated heterocycles. The molecule has 0 bridgehead atoms. The van der Waals surface area contributed by atoms with Gasteiger partial charge in [-0.3, -0.25) is 0 Å². The molecule has 1 N–H and O–H groups in total. The van der Waals surface area contributed by atoms with Crippen molar-refractivity contribution in [2.24, 2.45) is 5.92 Å². The first kappa shape index (κ1) is 21.2. The number of rotatable bonds is 10. The van der Waals surface area contributed by atoms with Gasteiger partial charge in [-0.25, -0.2) is 0 Å². The summed E-state index contributed by atoms with van der Waals surface area (Å²) < 4.78 is 14.8. The number of aromatic nitrogens is 2. The highest BCUT2D eigenvalue weighted by Crippen LogP contribution is 2.28. The van der Waals surface area contributed by atoms with Crippen LogP contribution in [0.5, 0.6) is 11.5 Å². The molecule has 5 nitrogen and oxygen atoms in total. The molecule has 26 heavy (non-hydrogen) atoms. The predicted octanol–water partition coefficient (Wildman–Crippen LogP) is 3.50. The predicted molar refractivity (Wildman–Crippen MR) is 111 cm³/mol. The molecule has 2 rings (SSSR count). The Morgan fingerprint density at radius 1 is 1.35 bits per heavy atom. The zero-order valence-corrected chi connectivity index (χ0v) is 18.5. The standard InChI is InChI=1S/C18H27N3O2S3/c1-6-23-15-8-7-14(9-16(15)22-5)10-20(4)12-21-18(24)26-17(19-21)25-11-13(2)3/h7-9,13H,6,10-12H2,1-5H3/p+1. The minimum absolute atomic E-state index is 0.625. The number of hydrogen-bond acceptors (Lipinski definition) is 6. The van der Waals surface area contributed by atoms with Gasteiger partial charge >= 0.3 is 0 Å². The van der Waals surface area contributed by atoms with E-state index < -0.39 is 0 Å². The molecule has 1 unspecified atom stereocenters. The Labute approximate surface area is 169 Å². The summed E-state index contributed by atoms with van der Waals surface area (Å²) in [5.41, 5.74) is 1.19. The van der Waals surface area contributed by atoms with Gasteiger partial charge in [-0.1, -0.05) is 36.9 Å². The zero-order valence-electron chi connectivity index (χ0n) is 16.1. The molecule has 0 aliphatic rings. The van der Waals surface area contributed by atoms with E-state index in [1.807, 2.05) is 23.7 Å². The fraction of sp³-hybridized carbons (Fsp3) is 0.556. The van der Waals surface area contributed by atoms with Crippen molar-refractivity contribution in [3.63, 3.8) is 0 Å². The van der Waals surface area contributed by atoms with Crippen LogP contribution in [0.25, 0.3) is 0 Å². The summed E-state index contributed by atoms with van der Waals surface area (Å²) in [7, 11) is 3.81. The van der Waals surface area contributed by atoms with E-state index in [1.165, 1.54) is 10.5 Å². The maximum atomic E-state index is 5.58. The van der Waals surface area contributed by atoms with Gasteiger partial charge in [-0.15, -0.1) is 5.10 Å². The van der Waals surface area contributed by atoms with Crippen molar-refractivity contribution in [3.8, 4) is 11.5 Å². The molecule has 0 aliphatic heterocycles. The van der Waals surface area contributed by atoms with Crippen molar-refractivity contribution < 1.29 is 14.4 Å². The van der Waals surface area contributed by atoms with Crippen molar-refractivity contribution in [2.75, 3.05) is 26.5 Å². The lowest BCUT2D eigenvalue weighted by atomic mass is 10.2. The topological polar surface area (TPSA) is 40.7 Å². The minimum Gasteiger partial charge on any atom is -0.493 e. The summed E-state index contributed by atoms with van der Waals surface area (Å²) in [6.07, 6.45) is 0. The van der Waals surface area contributed by atoms with Crippen LogP contribution in [-0.4, -0.2) is 36.3 Å². The molecule has 1 aromatic carbocycles. The van der Waals surface area contributed by atoms with E-state index >= 15 is 0 Å². The van der Waals surface area contributed by atoms with Crippen LogP contribution in [0.2, 0.25) is 0 Å². The Kier molecular flexibility index (Phi) is 8.40. The van der Waals surface area contributed by atoms with Gasteiger partial charge in [-0.05, 0) is 43.3 Å². The van der Waals surface area contributed by atoms with Crippen LogP contribution in [0.3, 0.4) is 0 Å². The van der Waals surface area contributed by atoms with Crippen molar-refractivity contribution >= 4 is 35.3 Å². The molecule has 1 atom stereocenters. The number of nitrogens with zero attached hydrogens (tertiary/aromatic N) is 2. The van der Waals surface area contributed by atoms with Crippen molar-refractivity contribution in [1.82, 2.24) is 9.78 Å². The van der Waals surface area contributed by atoms with Gasteiger partial charge in [0.05, 0.1) is 20.8 Å². The number of benzene rings is 1. The highest BCUT2D eigenvalue weighted by Gasteiger charge is 2.12. The molecule has 144 valence electrons. The molecule has 2 aromatic rings. The number of hydrogen-bond donors (Lipinski definition) is 1. The van der Waals surface area contributed by atoms with Crippen LogP contribution in [0.1, 0.15) is 26.3 Å². The van der Waals surface area contributed by atoms with Crippen LogP contribution in [0.15, 0.2) is 22.5 Å². The second kappa shape index (κ2) is 10.3. The molecule has 8 heteroatoms. The average molecular weight is 415 g/mol. The molecule has 0 radical (unpaired) electrons. The third-order valence-electron chi connectivity index (χ3n) is 3.58. The molecule has 1 aromatic heterocycles. The van der Waals surface area contributed by atoms with Crippen molar-refractivity contribution in [1.29, 1.82) is 0 Å². The Hall–Kier alpha value is -1.09. The zero-order chi connectivity index (χ0) is 19.1. The van der Waals surface area contributed by atoms with E-state index in [0.717, 1.165) is 38.8 Å². The quantitative estimate of drug-likeness (QED) is 0.476. The van der Waals surface area contributed by atoms with Crippen LogP contribution >= 0.6 is 35.3 Å². The normalized spacial score (nSPS) is 12.4. The molecule has 0 amide bonds. The highest BCUT2D eigenvalue weighted by molar-refractivity contribution is 8.01. The van der Waals surface area contributed by atoms with Gasteiger partial charge in [0.15, 0.2) is 26.5 Å². The van der Waals surface area contributed by atoms with E-state index in [4.69, 9.17) is 21.7 Å². The third-order valence-corrected chi connectivity index (χ3v) is 6.45. The maximum Gasteiger partial charge on any atom is 0.185 e. The Morgan fingerprint density at radius 2 is 2.12 bits per heavy atom. The first-order valence-electron chi connectivity index (χ1n) is 8.74. The fourth-order valence-corrected chi connectivity index (χ4v) is 4.75. The largest absolute Gasteiger partial charge is 0.493 e. The van der Waals surface area contributed by atoms with Crippen molar-refractivity contribution in [3.05, 3.63) is 27.7 Å². The summed E-state index contributed by atoms with van der Waals surface area (Å²) in [6.45, 7) is 8.62. The van der Waals surface area contributed by atoms with Gasteiger partial charge in [0.2, 0.25) is 0 Å². The number of quaternary nitrogens is 1. The fourth-order valence-electron chi connectivity index (χ4n) is 2.44. The molecule has 0 saturated carbocycles. The molecular weight excluding hydrogens is 386 g/mol. The second-order valence-electron chi connectivity index (χ2n) is 6.55. The van der Waals surface area contributed by atoms with E-state index in [9.17, 15) is 0 Å². The van der Waals surface area contributed by atoms with Crippen LogP contribution < -0.4 is 14.4 Å². The summed E-state index contributed by atoms with van der Waals surface area (Å²) in [5, 5.41) is 4.66. The molecule has 0 fully saturated rings. The monoisotopic (exact) mass is 414 g/mol. The SMILES string of the molecule is CCOc1ccc(C[NH+](C)Cn2nc(SCC(C)C)sc2=S)cc1OC. The average Bonchev–Trinajstić information content (AvgIpc) is 2.94. The van der Waals surface area contributed by atoms with Gasteiger partial charge in [0.25, 0.3) is 0 Å². The van der Waals surface area contributed by atoms with Crippen LogP contribution in [0, 0.1) is 9.87 Å². The highest BCUT2D eigenvalue weighted by atomic mass is 32.2. The number of ether oxygens (including phenoxy) is 2. The number of nitrogens with one attached hydrogen (secondary N) is 1. The van der Waals surface area contributed by atoms with Gasteiger partial charge in [0, 0.05) is 11.3 Å². The van der Waals surface area contributed by atoms with Gasteiger partial charge in [-0.2, -0.15) is 4.68 Å². The Bertz CT molecular complexity index is 758. The lowest BCUT2D eigenvalue weighted by Crippen LogP contribution is -3.07. The lowest BCUT2D eigenvalue weighted by Gasteiger charge is -2.15. The van der Waals surface area contributed by atoms with Gasteiger partial charge < -0.3 is 14.4 Å². The van der Waals surface area contributed by atoms with E-state index in [0.29, 0.717) is 12.5 Å². The lowest BCUT2D eigenvalue weighted by molar-refractivity contribution is -0.917. The van der Waals surface area contributed by atoms with Crippen LogP contribution in [0.4, 0.5) is 0 Å². The van der Waals surface area contributed by atoms with Crippen molar-refractivity contribution in [2.45, 2.75) is 38.3 Å². The van der Waals surface area contributed by atoms with Gasteiger partial charge in [0.1, 0.15) is 6.54 Å². The minimum atomic E-state index is 0.625. The van der Waals surface area contributed by atoms with E-state index in [2.05, 4.69) is 32.1 Å². The Morgan fingerprint density at radius 3 is 2.77 bits per heavy atom. The summed E-state index contributed by atoms with van der Waals surface area (Å²) in [6, 6.07) is 6.10. The first-order valence-corrected chi connectivity index (χ1v) is 11.0. The van der Waals surface area contributed by atoms with E-state index in [1.54, 1.807) is 30.2 Å². The molecule has 0 aliphatic carbocycles. The first-order chi connectivity index (χ1) is 12.4. The Balaban J connectivity index is 2.00. The summed E-state index contributed by atoms with van der Waals surface area (Å²) in [5.74, 6) is 3.27. The van der Waals surface area contributed by atoms with E-state index in [-0.39, 0.29) is 0 Å². The molecule has 1 heterocycles. The molecular formula is C18H28N3O2S3+. The summed E-state index contributed by atoms with van der Waals surface area (Å²) >= 11 is 8.86. The second-order valence-corrected chi connectivity index (χ2v) is 9.44. The number of thioether (sulfide) groups is 1. The molecule has 0 spiro atoms. The van der Waals surface area contributed by atoms with Crippen LogP contribution in [-0.2, 0) is 13.2 Å². The number of methoxy groups -OCH3 is 1. The third kappa shape index (κ3) is 6.26.